The lowest BCUT2D eigenvalue weighted by molar-refractivity contribution is -0.117. The maximum absolute atomic E-state index is 13.0. The molecule has 1 fully saturated rings. The molecule has 3 rings (SSSR count). The van der Waals surface area contributed by atoms with E-state index in [1.54, 1.807) is 23.1 Å². The molecule has 0 bridgehead atoms. The molecule has 0 aliphatic carbocycles. The molecule has 6 nitrogen and oxygen atoms in total. The molecule has 2 aromatic carbocycles. The van der Waals surface area contributed by atoms with Crippen molar-refractivity contribution in [3.05, 3.63) is 48.3 Å². The van der Waals surface area contributed by atoms with Gasteiger partial charge >= 0.3 is 0 Å². The van der Waals surface area contributed by atoms with E-state index in [1.165, 1.54) is 19.2 Å². The monoisotopic (exact) mass is 364 g/mol. The van der Waals surface area contributed by atoms with Gasteiger partial charge in [0.1, 0.15) is 11.6 Å². The maximum atomic E-state index is 13.0. The fraction of sp³-hybridized carbons (Fsp3) is 0.235. The van der Waals surface area contributed by atoms with Crippen LogP contribution in [0.4, 0.5) is 15.8 Å². The quantitative estimate of drug-likeness (QED) is 0.885. The van der Waals surface area contributed by atoms with Gasteiger partial charge in [0.25, 0.3) is 10.0 Å². The highest BCUT2D eigenvalue weighted by atomic mass is 32.2. The van der Waals surface area contributed by atoms with Gasteiger partial charge in [-0.1, -0.05) is 0 Å². The first kappa shape index (κ1) is 17.2. The first-order valence-electron chi connectivity index (χ1n) is 7.67. The Morgan fingerprint density at radius 3 is 2.48 bits per heavy atom. The number of benzene rings is 2. The number of anilines is 2. The van der Waals surface area contributed by atoms with Crippen LogP contribution in [0.25, 0.3) is 0 Å². The lowest BCUT2D eigenvalue weighted by atomic mass is 10.2. The van der Waals surface area contributed by atoms with Crippen molar-refractivity contribution in [2.24, 2.45) is 0 Å². The van der Waals surface area contributed by atoms with Gasteiger partial charge in [-0.15, -0.1) is 0 Å². The zero-order valence-electron chi connectivity index (χ0n) is 13.5. The molecule has 1 aliphatic rings. The van der Waals surface area contributed by atoms with Crippen molar-refractivity contribution >= 4 is 27.3 Å². The van der Waals surface area contributed by atoms with Gasteiger partial charge in [0, 0.05) is 13.0 Å². The molecule has 1 amide bonds. The van der Waals surface area contributed by atoms with E-state index >= 15 is 0 Å². The molecule has 0 unspecified atom stereocenters. The number of methoxy groups -OCH3 is 1. The van der Waals surface area contributed by atoms with Crippen molar-refractivity contribution < 1.29 is 22.3 Å². The Bertz CT molecular complexity index is 897. The van der Waals surface area contributed by atoms with E-state index < -0.39 is 15.8 Å². The van der Waals surface area contributed by atoms with E-state index in [9.17, 15) is 17.6 Å². The Labute approximate surface area is 145 Å². The Balaban J connectivity index is 1.92. The van der Waals surface area contributed by atoms with Crippen molar-refractivity contribution in [1.29, 1.82) is 0 Å². The Morgan fingerprint density at radius 1 is 1.16 bits per heavy atom. The van der Waals surface area contributed by atoms with Crippen molar-refractivity contribution in [3.63, 3.8) is 0 Å². The Morgan fingerprint density at radius 2 is 1.88 bits per heavy atom. The minimum absolute atomic E-state index is 0.0307. The maximum Gasteiger partial charge on any atom is 0.261 e. The summed E-state index contributed by atoms with van der Waals surface area (Å²) in [5.74, 6) is -0.0601. The number of hydrogen-bond donors (Lipinski definition) is 1. The molecular weight excluding hydrogens is 347 g/mol. The van der Waals surface area contributed by atoms with E-state index in [0.29, 0.717) is 30.1 Å². The second-order valence-corrected chi connectivity index (χ2v) is 7.28. The van der Waals surface area contributed by atoms with E-state index in [0.717, 1.165) is 18.6 Å². The minimum atomic E-state index is -3.86. The van der Waals surface area contributed by atoms with E-state index in [-0.39, 0.29) is 10.8 Å². The van der Waals surface area contributed by atoms with Crippen LogP contribution >= 0.6 is 0 Å². The number of carbonyl (C=O) groups is 1. The normalized spacial score (nSPS) is 14.6. The zero-order valence-corrected chi connectivity index (χ0v) is 14.3. The first-order chi connectivity index (χ1) is 11.9. The van der Waals surface area contributed by atoms with Gasteiger partial charge in [-0.25, -0.2) is 12.8 Å². The van der Waals surface area contributed by atoms with Gasteiger partial charge in [0.2, 0.25) is 5.91 Å². The molecule has 1 aliphatic heterocycles. The number of carbonyl (C=O) groups excluding carboxylic acids is 1. The summed E-state index contributed by atoms with van der Waals surface area (Å²) in [5.41, 5.74) is 0.809. The number of nitrogens with zero attached hydrogens (tertiary/aromatic N) is 1. The standard InChI is InChI=1S/C17H17FN2O4S/c1-24-16-9-6-13(11-15(16)20-10-2-3-17(20)21)19-25(22,23)14-7-4-12(18)5-8-14/h4-9,11,19H,2-3,10H2,1H3. The molecule has 25 heavy (non-hydrogen) atoms. The molecule has 0 aromatic heterocycles. The molecule has 2 aromatic rings. The molecule has 1 saturated heterocycles. The molecular formula is C17H17FN2O4S. The third-order valence-electron chi connectivity index (χ3n) is 3.92. The van der Waals surface area contributed by atoms with E-state index in [2.05, 4.69) is 4.72 Å². The summed E-state index contributed by atoms with van der Waals surface area (Å²) in [5, 5.41) is 0. The number of rotatable bonds is 5. The van der Waals surface area contributed by atoms with Crippen molar-refractivity contribution in [1.82, 2.24) is 0 Å². The molecule has 0 atom stereocenters. The van der Waals surface area contributed by atoms with Crippen LogP contribution in [0.3, 0.4) is 0 Å². The average Bonchev–Trinajstić information content (AvgIpc) is 3.00. The van der Waals surface area contributed by atoms with Crippen LogP contribution in [0, 0.1) is 5.82 Å². The molecule has 0 saturated carbocycles. The van der Waals surface area contributed by atoms with Crippen molar-refractivity contribution in [3.8, 4) is 5.75 Å². The third-order valence-corrected chi connectivity index (χ3v) is 5.32. The predicted octanol–water partition coefficient (Wildman–Crippen LogP) is 2.76. The smallest absolute Gasteiger partial charge is 0.261 e. The average molecular weight is 364 g/mol. The second-order valence-electron chi connectivity index (χ2n) is 5.59. The largest absolute Gasteiger partial charge is 0.495 e. The van der Waals surface area contributed by atoms with Crippen LogP contribution in [-0.4, -0.2) is 28.0 Å². The summed E-state index contributed by atoms with van der Waals surface area (Å²) in [6, 6.07) is 9.24. The first-order valence-corrected chi connectivity index (χ1v) is 9.16. The van der Waals surface area contributed by atoms with Crippen molar-refractivity contribution in [2.45, 2.75) is 17.7 Å². The third kappa shape index (κ3) is 3.58. The van der Waals surface area contributed by atoms with Crippen molar-refractivity contribution in [2.75, 3.05) is 23.3 Å². The van der Waals surface area contributed by atoms with Crippen LogP contribution in [0.5, 0.6) is 5.75 Å². The number of nitrogens with one attached hydrogen (secondary N) is 1. The highest BCUT2D eigenvalue weighted by Crippen LogP contribution is 2.34. The van der Waals surface area contributed by atoms with Gasteiger partial charge in [0.05, 0.1) is 23.4 Å². The van der Waals surface area contributed by atoms with Crippen LogP contribution in [-0.2, 0) is 14.8 Å². The van der Waals surface area contributed by atoms with Gasteiger partial charge in [-0.3, -0.25) is 9.52 Å². The van der Waals surface area contributed by atoms with E-state index in [4.69, 9.17) is 4.74 Å². The van der Waals surface area contributed by atoms with Gasteiger partial charge in [-0.05, 0) is 48.9 Å². The highest BCUT2D eigenvalue weighted by Gasteiger charge is 2.25. The minimum Gasteiger partial charge on any atom is -0.495 e. The fourth-order valence-electron chi connectivity index (χ4n) is 2.70. The number of halogens is 1. The summed E-state index contributed by atoms with van der Waals surface area (Å²) in [7, 11) is -2.38. The predicted molar refractivity (Wildman–Crippen MR) is 91.8 cm³/mol. The molecule has 0 spiro atoms. The number of hydrogen-bond acceptors (Lipinski definition) is 4. The lowest BCUT2D eigenvalue weighted by Crippen LogP contribution is -2.24. The molecule has 1 heterocycles. The molecule has 1 N–H and O–H groups in total. The SMILES string of the molecule is COc1ccc(NS(=O)(=O)c2ccc(F)cc2)cc1N1CCCC1=O. The number of amides is 1. The fourth-order valence-corrected chi connectivity index (χ4v) is 3.74. The van der Waals surface area contributed by atoms with Gasteiger partial charge < -0.3 is 9.64 Å². The summed E-state index contributed by atoms with van der Waals surface area (Å²) in [6.07, 6.45) is 1.20. The summed E-state index contributed by atoms with van der Waals surface area (Å²) < 4.78 is 45.5. The number of sulfonamides is 1. The van der Waals surface area contributed by atoms with E-state index in [1.807, 2.05) is 0 Å². The highest BCUT2D eigenvalue weighted by molar-refractivity contribution is 7.92. The Hall–Kier alpha value is -2.61. The van der Waals surface area contributed by atoms with Crippen LogP contribution in [0.15, 0.2) is 47.4 Å². The molecule has 132 valence electrons. The summed E-state index contributed by atoms with van der Waals surface area (Å²) >= 11 is 0. The van der Waals surface area contributed by atoms with Crippen LogP contribution in [0.1, 0.15) is 12.8 Å². The molecule has 0 radical (unpaired) electrons. The molecule has 8 heteroatoms. The van der Waals surface area contributed by atoms with Gasteiger partial charge in [0.15, 0.2) is 0 Å². The van der Waals surface area contributed by atoms with Crippen LogP contribution < -0.4 is 14.4 Å². The summed E-state index contributed by atoms with van der Waals surface area (Å²) in [6.45, 7) is 0.559. The lowest BCUT2D eigenvalue weighted by Gasteiger charge is -2.20. The zero-order chi connectivity index (χ0) is 18.0. The van der Waals surface area contributed by atoms with Gasteiger partial charge in [-0.2, -0.15) is 0 Å². The number of ether oxygens (including phenoxy) is 1. The topological polar surface area (TPSA) is 75.7 Å². The second kappa shape index (κ2) is 6.72. The van der Waals surface area contributed by atoms with Crippen LogP contribution in [0.2, 0.25) is 0 Å². The summed E-state index contributed by atoms with van der Waals surface area (Å²) in [4.78, 5) is 13.5. The Kier molecular flexibility index (Phi) is 4.63.